The van der Waals surface area contributed by atoms with E-state index in [9.17, 15) is 17.6 Å². The van der Waals surface area contributed by atoms with E-state index in [1.807, 2.05) is 6.07 Å². The van der Waals surface area contributed by atoms with Gasteiger partial charge in [0.1, 0.15) is 5.82 Å². The molecule has 1 amide bonds. The third-order valence-electron chi connectivity index (χ3n) is 3.24. The third kappa shape index (κ3) is 5.67. The number of nitrogens with one attached hydrogen (secondary N) is 1. The van der Waals surface area contributed by atoms with Crippen molar-refractivity contribution in [1.82, 2.24) is 4.31 Å². The smallest absolute Gasteiger partial charge is 0.239 e. The van der Waals surface area contributed by atoms with Crippen LogP contribution in [0.2, 0.25) is 5.02 Å². The average molecular weight is 383 g/mol. The van der Waals surface area contributed by atoms with E-state index >= 15 is 0 Å². The van der Waals surface area contributed by atoms with Crippen molar-refractivity contribution < 1.29 is 17.6 Å². The summed E-state index contributed by atoms with van der Waals surface area (Å²) in [6.07, 6.45) is 1.43. The van der Waals surface area contributed by atoms with Crippen molar-refractivity contribution in [2.75, 3.05) is 18.9 Å². The van der Waals surface area contributed by atoms with Gasteiger partial charge in [0.15, 0.2) is 0 Å². The van der Waals surface area contributed by atoms with Crippen LogP contribution >= 0.6 is 11.6 Å². The molecule has 2 aromatic rings. The van der Waals surface area contributed by atoms with Gasteiger partial charge in [0, 0.05) is 17.5 Å². The van der Waals surface area contributed by atoms with Gasteiger partial charge in [-0.3, -0.25) is 4.79 Å². The number of likely N-dealkylation sites (N-methyl/N-ethyl adjacent to an activating group) is 1. The molecule has 0 saturated heterocycles. The molecule has 0 spiro atoms. The van der Waals surface area contributed by atoms with Crippen LogP contribution in [0.1, 0.15) is 5.56 Å². The fourth-order valence-electron chi connectivity index (χ4n) is 1.91. The Kier molecular flexibility index (Phi) is 6.30. The predicted octanol–water partition coefficient (Wildman–Crippen LogP) is 3.35. The lowest BCUT2D eigenvalue weighted by atomic mass is 10.2. The molecule has 8 heteroatoms. The molecular formula is C17H16ClFN2O3S. The number of rotatable bonds is 6. The van der Waals surface area contributed by atoms with Gasteiger partial charge < -0.3 is 5.32 Å². The summed E-state index contributed by atoms with van der Waals surface area (Å²) in [6.45, 7) is -0.455. The quantitative estimate of drug-likeness (QED) is 0.833. The average Bonchev–Trinajstić information content (AvgIpc) is 2.56. The number of carbonyl (C=O) groups excluding carboxylic acids is 1. The molecule has 2 aromatic carbocycles. The summed E-state index contributed by atoms with van der Waals surface area (Å²) >= 11 is 5.64. The van der Waals surface area contributed by atoms with Gasteiger partial charge >= 0.3 is 0 Å². The van der Waals surface area contributed by atoms with Gasteiger partial charge in [0.2, 0.25) is 15.9 Å². The maximum Gasteiger partial charge on any atom is 0.239 e. The minimum atomic E-state index is -3.79. The highest BCUT2D eigenvalue weighted by Gasteiger charge is 2.18. The lowest BCUT2D eigenvalue weighted by Crippen LogP contribution is -2.33. The van der Waals surface area contributed by atoms with Gasteiger partial charge in [0.05, 0.1) is 12.2 Å². The highest BCUT2D eigenvalue weighted by Crippen LogP contribution is 2.18. The maximum atomic E-state index is 13.6. The van der Waals surface area contributed by atoms with Gasteiger partial charge in [-0.05, 0) is 29.8 Å². The van der Waals surface area contributed by atoms with Crippen molar-refractivity contribution in [3.8, 4) is 0 Å². The van der Waals surface area contributed by atoms with E-state index in [4.69, 9.17) is 11.6 Å². The topological polar surface area (TPSA) is 66.5 Å². The number of amides is 1. The summed E-state index contributed by atoms with van der Waals surface area (Å²) in [5.41, 5.74) is 0.646. The standard InChI is InChI=1S/C17H16ClFN2O3S/c1-21(25(23,24)10-9-13-5-3-2-4-6-13)12-17(22)20-16-8-7-14(18)11-15(16)19/h2-11H,12H2,1H3,(H,20,22)/b10-9+. The molecule has 0 aromatic heterocycles. The zero-order valence-corrected chi connectivity index (χ0v) is 14.9. The molecular weight excluding hydrogens is 367 g/mol. The van der Waals surface area contributed by atoms with E-state index in [2.05, 4.69) is 5.32 Å². The van der Waals surface area contributed by atoms with Crippen LogP contribution in [-0.2, 0) is 14.8 Å². The number of halogens is 2. The summed E-state index contributed by atoms with van der Waals surface area (Å²) in [6, 6.07) is 12.7. The Balaban J connectivity index is 2.01. The Morgan fingerprint density at radius 2 is 1.92 bits per heavy atom. The molecule has 132 valence electrons. The van der Waals surface area contributed by atoms with Crippen molar-refractivity contribution >= 4 is 39.3 Å². The molecule has 5 nitrogen and oxygen atoms in total. The molecule has 1 N–H and O–H groups in total. The monoisotopic (exact) mass is 382 g/mol. The molecule has 0 bridgehead atoms. The zero-order valence-electron chi connectivity index (χ0n) is 13.3. The fourth-order valence-corrected chi connectivity index (χ4v) is 2.90. The molecule has 0 fully saturated rings. The van der Waals surface area contributed by atoms with Crippen LogP contribution in [0.25, 0.3) is 6.08 Å². The lowest BCUT2D eigenvalue weighted by molar-refractivity contribution is -0.116. The van der Waals surface area contributed by atoms with Crippen molar-refractivity contribution in [2.45, 2.75) is 0 Å². The largest absolute Gasteiger partial charge is 0.322 e. The minimum Gasteiger partial charge on any atom is -0.322 e. The van der Waals surface area contributed by atoms with Crippen LogP contribution < -0.4 is 5.32 Å². The molecule has 0 aliphatic carbocycles. The third-order valence-corrected chi connectivity index (χ3v) is 4.95. The Morgan fingerprint density at radius 1 is 1.24 bits per heavy atom. The second-order valence-corrected chi connectivity index (χ2v) is 7.55. The Bertz CT molecular complexity index is 886. The Labute approximate surface area is 150 Å². The normalized spacial score (nSPS) is 11.8. The van der Waals surface area contributed by atoms with Crippen LogP contribution in [0.4, 0.5) is 10.1 Å². The van der Waals surface area contributed by atoms with Gasteiger partial charge in [-0.1, -0.05) is 41.9 Å². The predicted molar refractivity (Wildman–Crippen MR) is 97.1 cm³/mol. The van der Waals surface area contributed by atoms with Gasteiger partial charge in [-0.15, -0.1) is 0 Å². The van der Waals surface area contributed by atoms with E-state index in [1.165, 1.54) is 25.3 Å². The highest BCUT2D eigenvalue weighted by molar-refractivity contribution is 7.92. The van der Waals surface area contributed by atoms with Gasteiger partial charge in [-0.2, -0.15) is 4.31 Å². The van der Waals surface area contributed by atoms with E-state index in [0.717, 1.165) is 15.8 Å². The Morgan fingerprint density at radius 3 is 2.56 bits per heavy atom. The molecule has 0 unspecified atom stereocenters. The summed E-state index contributed by atoms with van der Waals surface area (Å²) in [7, 11) is -2.52. The van der Waals surface area contributed by atoms with Crippen LogP contribution in [0.3, 0.4) is 0 Å². The molecule has 0 aliphatic rings. The maximum absolute atomic E-state index is 13.6. The number of benzene rings is 2. The molecule has 0 saturated carbocycles. The summed E-state index contributed by atoms with van der Waals surface area (Å²) < 4.78 is 38.9. The number of anilines is 1. The van der Waals surface area contributed by atoms with Crippen molar-refractivity contribution in [3.05, 3.63) is 70.3 Å². The summed E-state index contributed by atoms with van der Waals surface area (Å²) in [5, 5.41) is 3.52. The first kappa shape index (κ1) is 19.1. The van der Waals surface area contributed by atoms with Crippen molar-refractivity contribution in [1.29, 1.82) is 0 Å². The Hall–Kier alpha value is -2.22. The molecule has 0 aliphatic heterocycles. The first-order valence-corrected chi connectivity index (χ1v) is 9.10. The van der Waals surface area contributed by atoms with E-state index in [0.29, 0.717) is 5.56 Å². The van der Waals surface area contributed by atoms with E-state index in [1.54, 1.807) is 24.3 Å². The number of hydrogen-bond acceptors (Lipinski definition) is 3. The number of hydrogen-bond donors (Lipinski definition) is 1. The van der Waals surface area contributed by atoms with Crippen molar-refractivity contribution in [3.63, 3.8) is 0 Å². The van der Waals surface area contributed by atoms with E-state index < -0.39 is 28.3 Å². The van der Waals surface area contributed by atoms with Crippen LogP contribution in [0.15, 0.2) is 53.9 Å². The second-order valence-electron chi connectivity index (χ2n) is 5.19. The lowest BCUT2D eigenvalue weighted by Gasteiger charge is -2.14. The molecule has 2 rings (SSSR count). The summed E-state index contributed by atoms with van der Waals surface area (Å²) in [5.74, 6) is -1.37. The van der Waals surface area contributed by atoms with Gasteiger partial charge in [0.25, 0.3) is 0 Å². The van der Waals surface area contributed by atoms with E-state index in [-0.39, 0.29) is 10.7 Å². The highest BCUT2D eigenvalue weighted by atomic mass is 35.5. The molecule has 0 atom stereocenters. The fraction of sp³-hybridized carbons (Fsp3) is 0.118. The molecule has 0 radical (unpaired) electrons. The number of nitrogens with zero attached hydrogens (tertiary/aromatic N) is 1. The minimum absolute atomic E-state index is 0.0694. The first-order chi connectivity index (χ1) is 11.8. The van der Waals surface area contributed by atoms with Crippen LogP contribution in [-0.4, -0.2) is 32.2 Å². The SMILES string of the molecule is CN(CC(=O)Nc1ccc(Cl)cc1F)S(=O)(=O)/C=C/c1ccccc1. The number of carbonyl (C=O) groups is 1. The van der Waals surface area contributed by atoms with Crippen LogP contribution in [0.5, 0.6) is 0 Å². The molecule has 0 heterocycles. The second kappa shape index (κ2) is 8.24. The summed E-state index contributed by atoms with van der Waals surface area (Å²) in [4.78, 5) is 11.9. The number of sulfonamides is 1. The van der Waals surface area contributed by atoms with Crippen molar-refractivity contribution in [2.24, 2.45) is 0 Å². The molecule has 25 heavy (non-hydrogen) atoms. The first-order valence-electron chi connectivity index (χ1n) is 7.22. The zero-order chi connectivity index (χ0) is 18.4. The van der Waals surface area contributed by atoms with Crippen LogP contribution in [0, 0.1) is 5.82 Å². The van der Waals surface area contributed by atoms with Gasteiger partial charge in [-0.25, -0.2) is 12.8 Å².